The van der Waals surface area contributed by atoms with Gasteiger partial charge >= 0.3 is 6.09 Å². The highest BCUT2D eigenvalue weighted by atomic mass is 79.9. The molecule has 0 aromatic heterocycles. The third-order valence-electron chi connectivity index (χ3n) is 4.68. The molecule has 184 valence electrons. The first-order chi connectivity index (χ1) is 16.4. The summed E-state index contributed by atoms with van der Waals surface area (Å²) in [6.07, 6.45) is -0.591. The van der Waals surface area contributed by atoms with Gasteiger partial charge in [0.05, 0.1) is 11.1 Å². The van der Waals surface area contributed by atoms with Crippen LogP contribution in [0.2, 0.25) is 0 Å². The van der Waals surface area contributed by atoms with Gasteiger partial charge in [0.15, 0.2) is 0 Å². The second-order valence-electron chi connectivity index (χ2n) is 8.74. The van der Waals surface area contributed by atoms with Crippen molar-refractivity contribution in [3.8, 4) is 0 Å². The highest BCUT2D eigenvalue weighted by molar-refractivity contribution is 9.10. The molecule has 0 radical (unpaired) electrons. The van der Waals surface area contributed by atoms with Gasteiger partial charge in [0, 0.05) is 28.8 Å². The van der Waals surface area contributed by atoms with Gasteiger partial charge in [-0.05, 0) is 57.2 Å². The summed E-state index contributed by atoms with van der Waals surface area (Å²) in [7, 11) is 0. The first-order valence-electron chi connectivity index (χ1n) is 10.8. The first-order valence-corrected chi connectivity index (χ1v) is 11.5. The zero-order valence-corrected chi connectivity index (χ0v) is 21.0. The van der Waals surface area contributed by atoms with Gasteiger partial charge in [0.1, 0.15) is 12.1 Å². The van der Waals surface area contributed by atoms with Gasteiger partial charge in [-0.1, -0.05) is 22.0 Å². The van der Waals surface area contributed by atoms with E-state index < -0.39 is 36.0 Å². The number of imide groups is 1. The second kappa shape index (κ2) is 10.7. The molecule has 0 saturated heterocycles. The van der Waals surface area contributed by atoms with Gasteiger partial charge in [0.25, 0.3) is 11.8 Å². The summed E-state index contributed by atoms with van der Waals surface area (Å²) in [4.78, 5) is 62.3. The molecule has 0 saturated carbocycles. The van der Waals surface area contributed by atoms with Crippen LogP contribution < -0.4 is 16.0 Å². The Morgan fingerprint density at radius 2 is 1.54 bits per heavy atom. The van der Waals surface area contributed by atoms with Crippen LogP contribution in [-0.4, -0.2) is 53.3 Å². The lowest BCUT2D eigenvalue weighted by atomic mass is 10.1. The van der Waals surface area contributed by atoms with E-state index in [0.717, 1.165) is 4.90 Å². The van der Waals surface area contributed by atoms with Crippen molar-refractivity contribution in [1.29, 1.82) is 0 Å². The number of alkyl carbamates (subject to hydrolysis) is 1. The normalized spacial score (nSPS) is 12.7. The number of carbonyl (C=O) groups excluding carboxylic acids is 5. The van der Waals surface area contributed by atoms with E-state index in [1.54, 1.807) is 51.1 Å². The smallest absolute Gasteiger partial charge is 0.407 e. The average Bonchev–Trinajstić information content (AvgIpc) is 2.97. The highest BCUT2D eigenvalue weighted by Gasteiger charge is 2.36. The molecule has 11 heteroatoms. The van der Waals surface area contributed by atoms with Gasteiger partial charge in [-0.2, -0.15) is 0 Å². The summed E-state index contributed by atoms with van der Waals surface area (Å²) < 4.78 is 5.76. The Morgan fingerprint density at radius 1 is 0.914 bits per heavy atom. The molecule has 0 atom stereocenters. The Labute approximate surface area is 210 Å². The fraction of sp³-hybridized carbons (Fsp3) is 0.292. The van der Waals surface area contributed by atoms with E-state index in [0.29, 0.717) is 15.8 Å². The molecule has 0 fully saturated rings. The Hall–Kier alpha value is -3.73. The predicted octanol–water partition coefficient (Wildman–Crippen LogP) is 3.54. The molecule has 0 bridgehead atoms. The molecule has 5 amide bonds. The quantitative estimate of drug-likeness (QED) is 0.456. The fourth-order valence-electron chi connectivity index (χ4n) is 3.24. The lowest BCUT2D eigenvalue weighted by molar-refractivity contribution is -0.117. The number of fused-ring (bicyclic) bond motifs is 1. The van der Waals surface area contributed by atoms with Crippen LogP contribution in [-0.2, 0) is 14.3 Å². The minimum atomic E-state index is -0.631. The molecule has 1 aliphatic heterocycles. The number of amides is 5. The number of ether oxygens (including phenoxy) is 1. The number of nitrogens with one attached hydrogen (secondary N) is 3. The van der Waals surface area contributed by atoms with Crippen molar-refractivity contribution in [3.05, 3.63) is 58.1 Å². The largest absolute Gasteiger partial charge is 0.444 e. The van der Waals surface area contributed by atoms with Gasteiger partial charge in [-0.25, -0.2) is 4.79 Å². The molecule has 0 aliphatic carbocycles. The van der Waals surface area contributed by atoms with Crippen LogP contribution in [0.1, 0.15) is 47.9 Å². The van der Waals surface area contributed by atoms with E-state index in [4.69, 9.17) is 4.74 Å². The third kappa shape index (κ3) is 7.12. The molecule has 3 rings (SSSR count). The minimum Gasteiger partial charge on any atom is -0.444 e. The molecule has 0 spiro atoms. The number of hydrogen-bond acceptors (Lipinski definition) is 6. The van der Waals surface area contributed by atoms with Crippen molar-refractivity contribution >= 4 is 57.0 Å². The summed E-state index contributed by atoms with van der Waals surface area (Å²) in [6, 6.07) is 11.1. The monoisotopic (exact) mass is 544 g/mol. The predicted molar refractivity (Wildman–Crippen MR) is 132 cm³/mol. The van der Waals surface area contributed by atoms with Gasteiger partial charge in [0.2, 0.25) is 11.8 Å². The zero-order valence-electron chi connectivity index (χ0n) is 19.4. The summed E-state index contributed by atoms with van der Waals surface area (Å²) in [5, 5.41) is 7.80. The molecule has 35 heavy (non-hydrogen) atoms. The van der Waals surface area contributed by atoms with Crippen LogP contribution in [0.3, 0.4) is 0 Å². The number of nitrogens with zero attached hydrogens (tertiary/aromatic N) is 1. The van der Waals surface area contributed by atoms with Crippen molar-refractivity contribution < 1.29 is 28.7 Å². The van der Waals surface area contributed by atoms with Gasteiger partial charge in [-0.15, -0.1) is 0 Å². The van der Waals surface area contributed by atoms with Crippen molar-refractivity contribution in [2.24, 2.45) is 0 Å². The highest BCUT2D eigenvalue weighted by Crippen LogP contribution is 2.26. The van der Waals surface area contributed by atoms with Crippen molar-refractivity contribution in [1.82, 2.24) is 10.2 Å². The standard InChI is InChI=1S/C24H25BrN4O6/c1-24(2,3)35-23(34)26-10-9-19(30)27-15-5-4-6-16(12-15)28-20(31)13-29-21(32)17-8-7-14(25)11-18(17)22(29)33/h4-8,11-12H,9-10,13H2,1-3H3,(H,26,34)(H,27,30)(H,28,31). The first kappa shape index (κ1) is 25.9. The lowest BCUT2D eigenvalue weighted by Crippen LogP contribution is -2.37. The van der Waals surface area contributed by atoms with Gasteiger partial charge in [-0.3, -0.25) is 24.1 Å². The van der Waals surface area contributed by atoms with E-state index in [9.17, 15) is 24.0 Å². The zero-order chi connectivity index (χ0) is 25.8. The maximum absolute atomic E-state index is 12.5. The Balaban J connectivity index is 1.51. The number of anilines is 2. The molecule has 1 heterocycles. The average molecular weight is 545 g/mol. The van der Waals surface area contributed by atoms with Crippen LogP contribution in [0.15, 0.2) is 46.9 Å². The van der Waals surface area contributed by atoms with Crippen LogP contribution in [0.4, 0.5) is 16.2 Å². The summed E-state index contributed by atoms with van der Waals surface area (Å²) in [5.41, 5.74) is 0.655. The third-order valence-corrected chi connectivity index (χ3v) is 5.18. The number of benzene rings is 2. The molecule has 10 nitrogen and oxygen atoms in total. The van der Waals surface area contributed by atoms with E-state index in [1.807, 2.05) is 0 Å². The summed E-state index contributed by atoms with van der Waals surface area (Å²) in [6.45, 7) is 4.86. The van der Waals surface area contributed by atoms with Crippen LogP contribution in [0.5, 0.6) is 0 Å². The van der Waals surface area contributed by atoms with Crippen LogP contribution in [0.25, 0.3) is 0 Å². The molecule has 2 aromatic carbocycles. The van der Waals surface area contributed by atoms with Crippen LogP contribution in [0, 0.1) is 0 Å². The van der Waals surface area contributed by atoms with Crippen LogP contribution >= 0.6 is 15.9 Å². The van der Waals surface area contributed by atoms with E-state index >= 15 is 0 Å². The fourth-order valence-corrected chi connectivity index (χ4v) is 3.60. The molecular weight excluding hydrogens is 520 g/mol. The maximum Gasteiger partial charge on any atom is 0.407 e. The lowest BCUT2D eigenvalue weighted by Gasteiger charge is -2.19. The number of halogens is 1. The van der Waals surface area contributed by atoms with Gasteiger partial charge < -0.3 is 20.7 Å². The Morgan fingerprint density at radius 3 is 2.20 bits per heavy atom. The van der Waals surface area contributed by atoms with E-state index in [2.05, 4.69) is 31.9 Å². The van der Waals surface area contributed by atoms with E-state index in [-0.39, 0.29) is 30.0 Å². The summed E-state index contributed by atoms with van der Waals surface area (Å²) in [5.74, 6) is -1.98. The topological polar surface area (TPSA) is 134 Å². The Bertz CT molecular complexity index is 1190. The maximum atomic E-state index is 12.5. The molecule has 1 aliphatic rings. The molecule has 2 aromatic rings. The second-order valence-corrected chi connectivity index (χ2v) is 9.66. The number of carbonyl (C=O) groups is 5. The Kier molecular flexibility index (Phi) is 7.90. The van der Waals surface area contributed by atoms with E-state index in [1.165, 1.54) is 12.1 Å². The molecule has 0 unspecified atom stereocenters. The number of hydrogen-bond donors (Lipinski definition) is 3. The SMILES string of the molecule is CC(C)(C)OC(=O)NCCC(=O)Nc1cccc(NC(=O)CN2C(=O)c3ccc(Br)cc3C2=O)c1. The van der Waals surface area contributed by atoms with Crippen molar-refractivity contribution in [2.75, 3.05) is 23.7 Å². The molecule has 3 N–H and O–H groups in total. The van der Waals surface area contributed by atoms with Crippen molar-refractivity contribution in [2.45, 2.75) is 32.8 Å². The van der Waals surface area contributed by atoms with Crippen molar-refractivity contribution in [3.63, 3.8) is 0 Å². The summed E-state index contributed by atoms with van der Waals surface area (Å²) >= 11 is 3.27. The molecular formula is C24H25BrN4O6. The minimum absolute atomic E-state index is 0.0195. The number of rotatable bonds is 7.